The van der Waals surface area contributed by atoms with Crippen LogP contribution in [0.2, 0.25) is 0 Å². The van der Waals surface area contributed by atoms with Gasteiger partial charge in [-0.2, -0.15) is 4.37 Å². The van der Waals surface area contributed by atoms with Crippen LogP contribution in [0.25, 0.3) is 11.1 Å². The molecule has 0 spiro atoms. The Morgan fingerprint density at radius 3 is 2.81 bits per heavy atom. The van der Waals surface area contributed by atoms with Crippen LogP contribution in [0.15, 0.2) is 24.5 Å². The van der Waals surface area contributed by atoms with Crippen molar-refractivity contribution in [1.82, 2.24) is 14.3 Å². The zero-order valence-corrected chi connectivity index (χ0v) is 12.6. The number of nitrogen functional groups attached to an aromatic ring is 1. The highest BCUT2D eigenvalue weighted by molar-refractivity contribution is 7.11. The number of rotatable bonds is 5. The lowest BCUT2D eigenvalue weighted by Crippen LogP contribution is -2.38. The third-order valence-electron chi connectivity index (χ3n) is 3.50. The minimum absolute atomic E-state index is 0.570. The number of pyridine rings is 1. The molecule has 3 heterocycles. The molecule has 0 aromatic carbocycles. The monoisotopic (exact) mass is 305 g/mol. The summed E-state index contributed by atoms with van der Waals surface area (Å²) >= 11 is 1.41. The van der Waals surface area contributed by atoms with Crippen LogP contribution >= 0.6 is 11.5 Å². The maximum atomic E-state index is 6.00. The number of hydrogen-bond donors (Lipinski definition) is 2. The van der Waals surface area contributed by atoms with Crippen molar-refractivity contribution in [2.45, 2.75) is 0 Å². The van der Waals surface area contributed by atoms with Crippen LogP contribution in [0.4, 0.5) is 10.8 Å². The van der Waals surface area contributed by atoms with E-state index in [9.17, 15) is 0 Å². The van der Waals surface area contributed by atoms with Gasteiger partial charge in [0.1, 0.15) is 10.8 Å². The Morgan fingerprint density at radius 1 is 1.29 bits per heavy atom. The summed E-state index contributed by atoms with van der Waals surface area (Å²) in [4.78, 5) is 6.44. The molecule has 0 saturated carbocycles. The lowest BCUT2D eigenvalue weighted by molar-refractivity contribution is 0.0398. The molecular formula is C14H19N5OS. The average Bonchev–Trinajstić information content (AvgIpc) is 2.90. The molecule has 0 atom stereocenters. The van der Waals surface area contributed by atoms with E-state index in [1.54, 1.807) is 12.4 Å². The van der Waals surface area contributed by atoms with E-state index in [1.165, 1.54) is 11.5 Å². The molecule has 3 N–H and O–H groups in total. The van der Waals surface area contributed by atoms with Gasteiger partial charge >= 0.3 is 0 Å². The molecule has 3 rings (SSSR count). The van der Waals surface area contributed by atoms with Crippen LogP contribution in [0.5, 0.6) is 0 Å². The Kier molecular flexibility index (Phi) is 4.64. The van der Waals surface area contributed by atoms with Crippen molar-refractivity contribution in [1.29, 1.82) is 0 Å². The smallest absolute Gasteiger partial charge is 0.147 e. The molecule has 112 valence electrons. The fraction of sp³-hybridized carbons (Fsp3) is 0.429. The SMILES string of the molecule is Nc1nsc(NCCN2CCOCC2)c1-c1ccncc1. The quantitative estimate of drug-likeness (QED) is 0.872. The van der Waals surface area contributed by atoms with E-state index in [2.05, 4.69) is 19.6 Å². The Bertz CT molecular complexity index is 568. The Hall–Kier alpha value is -1.70. The van der Waals surface area contributed by atoms with Crippen LogP contribution in [-0.4, -0.2) is 53.7 Å². The highest BCUT2D eigenvalue weighted by atomic mass is 32.1. The van der Waals surface area contributed by atoms with Gasteiger partial charge in [-0.1, -0.05) is 0 Å². The highest BCUT2D eigenvalue weighted by Crippen LogP contribution is 2.36. The highest BCUT2D eigenvalue weighted by Gasteiger charge is 2.14. The number of hydrogen-bond acceptors (Lipinski definition) is 7. The van der Waals surface area contributed by atoms with Gasteiger partial charge < -0.3 is 15.8 Å². The van der Waals surface area contributed by atoms with Gasteiger partial charge in [-0.05, 0) is 29.2 Å². The fourth-order valence-corrected chi connectivity index (χ4v) is 3.13. The fourth-order valence-electron chi connectivity index (χ4n) is 2.37. The molecular weight excluding hydrogens is 286 g/mol. The lowest BCUT2D eigenvalue weighted by Gasteiger charge is -2.26. The molecule has 1 fully saturated rings. The first kappa shape index (κ1) is 14.2. The average molecular weight is 305 g/mol. The first-order valence-corrected chi connectivity index (χ1v) is 7.81. The zero-order chi connectivity index (χ0) is 14.5. The van der Waals surface area contributed by atoms with E-state index in [-0.39, 0.29) is 0 Å². The molecule has 1 aliphatic heterocycles. The normalized spacial score (nSPS) is 16.0. The summed E-state index contributed by atoms with van der Waals surface area (Å²) in [6.07, 6.45) is 3.54. The first-order valence-electron chi connectivity index (χ1n) is 7.04. The minimum atomic E-state index is 0.570. The Morgan fingerprint density at radius 2 is 2.05 bits per heavy atom. The predicted octanol–water partition coefficient (Wildman–Crippen LogP) is 1.53. The summed E-state index contributed by atoms with van der Waals surface area (Å²) in [6.45, 7) is 5.54. The summed E-state index contributed by atoms with van der Waals surface area (Å²) < 4.78 is 9.61. The summed E-state index contributed by atoms with van der Waals surface area (Å²) in [5.41, 5.74) is 8.02. The maximum absolute atomic E-state index is 6.00. The lowest BCUT2D eigenvalue weighted by atomic mass is 10.1. The van der Waals surface area contributed by atoms with Gasteiger partial charge in [-0.15, -0.1) is 0 Å². The van der Waals surface area contributed by atoms with E-state index in [4.69, 9.17) is 10.5 Å². The maximum Gasteiger partial charge on any atom is 0.147 e. The number of nitrogens with two attached hydrogens (primary N) is 1. The van der Waals surface area contributed by atoms with Gasteiger partial charge in [0, 0.05) is 38.6 Å². The molecule has 0 aliphatic carbocycles. The van der Waals surface area contributed by atoms with Crippen LogP contribution in [0.3, 0.4) is 0 Å². The van der Waals surface area contributed by atoms with Crippen LogP contribution in [0.1, 0.15) is 0 Å². The van der Waals surface area contributed by atoms with E-state index >= 15 is 0 Å². The molecule has 21 heavy (non-hydrogen) atoms. The number of anilines is 2. The van der Waals surface area contributed by atoms with Crippen molar-refractivity contribution in [3.63, 3.8) is 0 Å². The summed E-state index contributed by atoms with van der Waals surface area (Å²) in [6, 6.07) is 3.90. The van der Waals surface area contributed by atoms with Gasteiger partial charge in [0.2, 0.25) is 0 Å². The zero-order valence-electron chi connectivity index (χ0n) is 11.8. The predicted molar refractivity (Wildman–Crippen MR) is 85.5 cm³/mol. The molecule has 6 nitrogen and oxygen atoms in total. The Balaban J connectivity index is 1.63. The van der Waals surface area contributed by atoms with Crippen LogP contribution < -0.4 is 11.1 Å². The van der Waals surface area contributed by atoms with Crippen molar-refractivity contribution in [3.8, 4) is 11.1 Å². The van der Waals surface area contributed by atoms with Crippen LogP contribution in [-0.2, 0) is 4.74 Å². The minimum Gasteiger partial charge on any atom is -0.382 e. The van der Waals surface area contributed by atoms with Gasteiger partial charge in [-0.3, -0.25) is 9.88 Å². The number of morpholine rings is 1. The largest absolute Gasteiger partial charge is 0.382 e. The molecule has 1 saturated heterocycles. The molecule has 1 aliphatic rings. The molecule has 0 unspecified atom stereocenters. The number of nitrogens with one attached hydrogen (secondary N) is 1. The second-order valence-corrected chi connectivity index (χ2v) is 5.66. The summed E-state index contributed by atoms with van der Waals surface area (Å²) in [5, 5.41) is 4.47. The van der Waals surface area contributed by atoms with Gasteiger partial charge in [0.15, 0.2) is 0 Å². The van der Waals surface area contributed by atoms with E-state index in [0.29, 0.717) is 5.82 Å². The first-order chi connectivity index (χ1) is 10.3. The van der Waals surface area contributed by atoms with E-state index in [0.717, 1.165) is 55.5 Å². The van der Waals surface area contributed by atoms with Crippen molar-refractivity contribution >= 4 is 22.4 Å². The molecule has 2 aromatic heterocycles. The van der Waals surface area contributed by atoms with E-state index < -0.39 is 0 Å². The van der Waals surface area contributed by atoms with Crippen LogP contribution in [0, 0.1) is 0 Å². The second kappa shape index (κ2) is 6.84. The van der Waals surface area contributed by atoms with Gasteiger partial charge in [-0.25, -0.2) is 0 Å². The third kappa shape index (κ3) is 3.49. The molecule has 0 radical (unpaired) electrons. The second-order valence-electron chi connectivity index (χ2n) is 4.89. The summed E-state index contributed by atoms with van der Waals surface area (Å²) in [5.74, 6) is 0.570. The molecule has 2 aromatic rings. The number of nitrogens with zero attached hydrogens (tertiary/aromatic N) is 3. The molecule has 0 bridgehead atoms. The topological polar surface area (TPSA) is 76.3 Å². The van der Waals surface area contributed by atoms with E-state index in [1.807, 2.05) is 12.1 Å². The molecule has 7 heteroatoms. The van der Waals surface area contributed by atoms with Gasteiger partial charge in [0.25, 0.3) is 0 Å². The molecule has 0 amide bonds. The number of ether oxygens (including phenoxy) is 1. The van der Waals surface area contributed by atoms with Crippen molar-refractivity contribution < 1.29 is 4.74 Å². The van der Waals surface area contributed by atoms with Crippen molar-refractivity contribution in [3.05, 3.63) is 24.5 Å². The third-order valence-corrected chi connectivity index (χ3v) is 4.32. The number of aromatic nitrogens is 2. The summed E-state index contributed by atoms with van der Waals surface area (Å²) in [7, 11) is 0. The standard InChI is InChI=1S/C14H19N5OS/c15-13-12(11-1-3-16-4-2-11)14(21-18-13)17-5-6-19-7-9-20-10-8-19/h1-4,17H,5-10H2,(H2,15,18). The van der Waals surface area contributed by atoms with Crippen molar-refractivity contribution in [2.24, 2.45) is 0 Å². The Labute approximate surface area is 128 Å². The van der Waals surface area contributed by atoms with Crippen molar-refractivity contribution in [2.75, 3.05) is 50.4 Å². The van der Waals surface area contributed by atoms with Gasteiger partial charge in [0.05, 0.1) is 18.8 Å².